The van der Waals surface area contributed by atoms with Gasteiger partial charge in [0, 0.05) is 17.4 Å². The Morgan fingerprint density at radius 1 is 1.67 bits per heavy atom. The van der Waals surface area contributed by atoms with E-state index in [2.05, 4.69) is 6.92 Å². The van der Waals surface area contributed by atoms with Crippen molar-refractivity contribution in [2.24, 2.45) is 5.92 Å². The summed E-state index contributed by atoms with van der Waals surface area (Å²) in [6, 6.07) is 3.74. The van der Waals surface area contributed by atoms with E-state index < -0.39 is 6.10 Å². The van der Waals surface area contributed by atoms with Gasteiger partial charge in [-0.3, -0.25) is 0 Å². The maximum atomic E-state index is 10.2. The molecule has 2 nitrogen and oxygen atoms in total. The Kier molecular flexibility index (Phi) is 3.67. The van der Waals surface area contributed by atoms with Crippen molar-refractivity contribution in [1.29, 1.82) is 0 Å². The standard InChI is InChI=1S/C11H15ClO2S/c1-2-8-7(5-6-14-8)11(13)9-3-4-10(12)15-9/h3-4,7-8,11,13H,2,5-6H2,1H3. The third kappa shape index (κ3) is 2.36. The number of hydrogen-bond acceptors (Lipinski definition) is 3. The van der Waals surface area contributed by atoms with Crippen molar-refractivity contribution in [3.63, 3.8) is 0 Å². The first kappa shape index (κ1) is 11.4. The summed E-state index contributed by atoms with van der Waals surface area (Å²) in [4.78, 5) is 0.953. The fraction of sp³-hybridized carbons (Fsp3) is 0.636. The average Bonchev–Trinajstić information content (AvgIpc) is 2.84. The second-order valence-corrected chi connectivity index (χ2v) is 5.60. The maximum Gasteiger partial charge on any atom is 0.0936 e. The Morgan fingerprint density at radius 3 is 3.07 bits per heavy atom. The molecule has 0 aromatic carbocycles. The van der Waals surface area contributed by atoms with Crippen LogP contribution in [0.5, 0.6) is 0 Å². The first-order valence-electron chi connectivity index (χ1n) is 5.27. The van der Waals surface area contributed by atoms with Gasteiger partial charge in [0.05, 0.1) is 16.5 Å². The van der Waals surface area contributed by atoms with Crippen LogP contribution in [0.3, 0.4) is 0 Å². The molecule has 84 valence electrons. The van der Waals surface area contributed by atoms with E-state index in [9.17, 15) is 5.11 Å². The molecule has 0 bridgehead atoms. The van der Waals surface area contributed by atoms with Gasteiger partial charge in [-0.05, 0) is 25.0 Å². The second kappa shape index (κ2) is 4.83. The van der Waals surface area contributed by atoms with Crippen molar-refractivity contribution >= 4 is 22.9 Å². The van der Waals surface area contributed by atoms with Crippen LogP contribution in [0.4, 0.5) is 0 Å². The molecule has 1 aromatic heterocycles. The van der Waals surface area contributed by atoms with E-state index in [4.69, 9.17) is 16.3 Å². The second-order valence-electron chi connectivity index (χ2n) is 3.86. The smallest absolute Gasteiger partial charge is 0.0936 e. The summed E-state index contributed by atoms with van der Waals surface area (Å²) < 4.78 is 6.31. The van der Waals surface area contributed by atoms with E-state index in [1.165, 1.54) is 11.3 Å². The molecule has 0 amide bonds. The Balaban J connectivity index is 2.10. The van der Waals surface area contributed by atoms with Gasteiger partial charge < -0.3 is 9.84 Å². The minimum absolute atomic E-state index is 0.195. The van der Waals surface area contributed by atoms with E-state index in [0.29, 0.717) is 0 Å². The van der Waals surface area contributed by atoms with Gasteiger partial charge in [0.1, 0.15) is 0 Å². The van der Waals surface area contributed by atoms with Crippen LogP contribution in [0.15, 0.2) is 12.1 Å². The van der Waals surface area contributed by atoms with Gasteiger partial charge in [0.25, 0.3) is 0 Å². The Bertz CT molecular complexity index is 326. The molecule has 2 heterocycles. The van der Waals surface area contributed by atoms with Crippen molar-refractivity contribution in [2.75, 3.05) is 6.61 Å². The molecule has 1 aromatic rings. The Hall–Kier alpha value is -0.0900. The summed E-state index contributed by atoms with van der Waals surface area (Å²) in [5.74, 6) is 0.227. The minimum atomic E-state index is -0.421. The maximum absolute atomic E-state index is 10.2. The molecular weight excluding hydrogens is 232 g/mol. The molecule has 1 N–H and O–H groups in total. The highest BCUT2D eigenvalue weighted by Gasteiger charge is 2.33. The summed E-state index contributed by atoms with van der Waals surface area (Å²) in [6.45, 7) is 2.86. The summed E-state index contributed by atoms with van der Waals surface area (Å²) in [5, 5.41) is 10.2. The van der Waals surface area contributed by atoms with Gasteiger partial charge >= 0.3 is 0 Å². The zero-order chi connectivity index (χ0) is 10.8. The third-order valence-corrected chi connectivity index (χ3v) is 4.26. The average molecular weight is 247 g/mol. The molecule has 2 rings (SSSR count). The van der Waals surface area contributed by atoms with Gasteiger partial charge in [0.15, 0.2) is 0 Å². The predicted molar refractivity (Wildman–Crippen MR) is 62.4 cm³/mol. The Labute approximate surface area is 98.8 Å². The SMILES string of the molecule is CCC1OCCC1C(O)c1ccc(Cl)s1. The number of aliphatic hydroxyl groups excluding tert-OH is 1. The molecule has 0 spiro atoms. The van der Waals surface area contributed by atoms with Gasteiger partial charge in [-0.2, -0.15) is 0 Å². The van der Waals surface area contributed by atoms with E-state index in [0.717, 1.165) is 28.7 Å². The molecule has 0 radical (unpaired) electrons. The number of halogens is 1. The zero-order valence-corrected chi connectivity index (χ0v) is 10.2. The highest BCUT2D eigenvalue weighted by atomic mass is 35.5. The molecule has 0 saturated carbocycles. The van der Waals surface area contributed by atoms with Crippen LogP contribution in [0.2, 0.25) is 4.34 Å². The summed E-state index contributed by atoms with van der Waals surface area (Å²) in [6.07, 6.45) is 1.67. The fourth-order valence-corrected chi connectivity index (χ4v) is 3.27. The highest BCUT2D eigenvalue weighted by molar-refractivity contribution is 7.16. The van der Waals surface area contributed by atoms with Crippen LogP contribution in [0, 0.1) is 5.92 Å². The molecule has 15 heavy (non-hydrogen) atoms. The highest BCUT2D eigenvalue weighted by Crippen LogP contribution is 2.38. The molecular formula is C11H15ClO2S. The van der Waals surface area contributed by atoms with E-state index in [1.807, 2.05) is 12.1 Å². The molecule has 1 fully saturated rings. The van der Waals surface area contributed by atoms with Crippen molar-refractivity contribution in [3.05, 3.63) is 21.3 Å². The normalized spacial score (nSPS) is 28.2. The molecule has 3 atom stereocenters. The quantitative estimate of drug-likeness (QED) is 0.887. The lowest BCUT2D eigenvalue weighted by molar-refractivity contribution is 0.0322. The summed E-state index contributed by atoms with van der Waals surface area (Å²) >= 11 is 7.31. The summed E-state index contributed by atoms with van der Waals surface area (Å²) in [5.41, 5.74) is 0. The van der Waals surface area contributed by atoms with Gasteiger partial charge in [-0.15, -0.1) is 11.3 Å². The lowest BCUT2D eigenvalue weighted by Crippen LogP contribution is -2.21. The van der Waals surface area contributed by atoms with E-state index in [1.54, 1.807) is 0 Å². The first-order chi connectivity index (χ1) is 7.22. The number of ether oxygens (including phenoxy) is 1. The number of hydrogen-bond donors (Lipinski definition) is 1. The van der Waals surface area contributed by atoms with Crippen LogP contribution in [-0.2, 0) is 4.74 Å². The molecule has 4 heteroatoms. The fourth-order valence-electron chi connectivity index (χ4n) is 2.15. The van der Waals surface area contributed by atoms with Crippen LogP contribution in [0.1, 0.15) is 30.7 Å². The largest absolute Gasteiger partial charge is 0.387 e. The monoisotopic (exact) mass is 246 g/mol. The van der Waals surface area contributed by atoms with Crippen LogP contribution in [-0.4, -0.2) is 17.8 Å². The molecule has 0 aliphatic carbocycles. The van der Waals surface area contributed by atoms with Crippen LogP contribution < -0.4 is 0 Å². The number of thiophene rings is 1. The van der Waals surface area contributed by atoms with E-state index >= 15 is 0 Å². The lowest BCUT2D eigenvalue weighted by Gasteiger charge is -2.21. The van der Waals surface area contributed by atoms with Gasteiger partial charge in [-0.1, -0.05) is 18.5 Å². The van der Waals surface area contributed by atoms with E-state index in [-0.39, 0.29) is 12.0 Å². The Morgan fingerprint density at radius 2 is 2.47 bits per heavy atom. The van der Waals surface area contributed by atoms with Crippen molar-refractivity contribution < 1.29 is 9.84 Å². The predicted octanol–water partition coefficient (Wildman–Crippen LogP) is 3.25. The molecule has 1 aliphatic heterocycles. The zero-order valence-electron chi connectivity index (χ0n) is 8.65. The lowest BCUT2D eigenvalue weighted by atomic mass is 9.92. The van der Waals surface area contributed by atoms with Crippen molar-refractivity contribution in [3.8, 4) is 0 Å². The third-order valence-electron chi connectivity index (χ3n) is 2.95. The van der Waals surface area contributed by atoms with Crippen molar-refractivity contribution in [1.82, 2.24) is 0 Å². The topological polar surface area (TPSA) is 29.5 Å². The van der Waals surface area contributed by atoms with Crippen LogP contribution in [0.25, 0.3) is 0 Å². The number of aliphatic hydroxyl groups is 1. The molecule has 3 unspecified atom stereocenters. The van der Waals surface area contributed by atoms with Gasteiger partial charge in [-0.25, -0.2) is 0 Å². The molecule has 1 saturated heterocycles. The minimum Gasteiger partial charge on any atom is -0.387 e. The summed E-state index contributed by atoms with van der Waals surface area (Å²) in [7, 11) is 0. The van der Waals surface area contributed by atoms with Gasteiger partial charge in [0.2, 0.25) is 0 Å². The van der Waals surface area contributed by atoms with Crippen molar-refractivity contribution in [2.45, 2.75) is 32.0 Å². The van der Waals surface area contributed by atoms with Crippen LogP contribution >= 0.6 is 22.9 Å². The molecule has 1 aliphatic rings. The number of rotatable bonds is 3. The first-order valence-corrected chi connectivity index (χ1v) is 6.46.